The van der Waals surface area contributed by atoms with Gasteiger partial charge in [0, 0.05) is 13.0 Å². The van der Waals surface area contributed by atoms with E-state index < -0.39 is 18.3 Å². The predicted octanol–water partition coefficient (Wildman–Crippen LogP) is 34.0. The second kappa shape index (κ2) is 118. The molecule has 5 amide bonds. The molecule has 0 saturated carbocycles. The third-order valence-electron chi connectivity index (χ3n) is 26.5. The quantitative estimate of drug-likeness (QED) is 0.0156. The molecule has 1 rings (SSSR count). The Hall–Kier alpha value is -5.21. The molecule has 1 fully saturated rings. The lowest BCUT2D eigenvalue weighted by molar-refractivity contribution is -0.122. The molecule has 1 aliphatic rings. The fourth-order valence-electron chi connectivity index (χ4n) is 17.0. The fourth-order valence-corrected chi connectivity index (χ4v) is 17.0. The van der Waals surface area contributed by atoms with Crippen LogP contribution in [0.1, 0.15) is 559 Å². The minimum Gasteiger partial charge on any atom is -0.450 e. The molecule has 1 saturated heterocycles. The molecule has 0 aromatic carbocycles. The SMILES string of the molecule is CCCCC/C=C\C/C=C\CCCCCCCC(=O)N[C@@H](CO)CC(C)C.CCCCCCCC/C=C\CCCCCCCCOC(=O)N1CCC[C@H]1CO.CCCCCCCC/C=C\CCCCCCCCOC(=O)N[C@H](CO)C(C)C.CCCCCCCC/C=C\CCCCCCCCOC(=O)N[C@H](CO)CC(C)C.CCCCCCCC/C=C\CCCCCCCCOC(=O)N[C@H](CO)[C@H](C)CC. The number of carbonyl (C=O) groups is 5. The van der Waals surface area contributed by atoms with Gasteiger partial charge in [-0.2, -0.15) is 0 Å². The Morgan fingerprint density at radius 2 is 0.553 bits per heavy atom. The van der Waals surface area contributed by atoms with Crippen molar-refractivity contribution >= 4 is 30.3 Å². The molecule has 19 nitrogen and oxygen atoms in total. The van der Waals surface area contributed by atoms with E-state index >= 15 is 0 Å². The Kier molecular flexibility index (Phi) is 119. The number of hydrogen-bond acceptors (Lipinski definition) is 14. The summed E-state index contributed by atoms with van der Waals surface area (Å²) in [7, 11) is 0. The summed E-state index contributed by atoms with van der Waals surface area (Å²) in [4.78, 5) is 60.6. The van der Waals surface area contributed by atoms with Gasteiger partial charge in [0.1, 0.15) is 0 Å². The summed E-state index contributed by atoms with van der Waals surface area (Å²) in [5, 5.41) is 57.5. The Morgan fingerprint density at radius 1 is 0.298 bits per heavy atom. The number of likely N-dealkylation sites (tertiary alicyclic amines) is 1. The monoisotopic (exact) mass is 1990 g/mol. The van der Waals surface area contributed by atoms with Gasteiger partial charge >= 0.3 is 24.4 Å². The molecule has 0 bridgehead atoms. The standard InChI is InChI=1S/2C25H49NO3.C24H45NO3.C24H47NO3.C24H45NO2/c1-4-5-6-7-8-9-10-11-12-13-14-15-16-17-18-19-20-29-25(28)26-24(22-27)21-23(2)3;1-4-6-7-8-9-10-11-12-13-14-15-16-17-18-19-20-21-29-25(28)26-24(22-27)23(3)5-2;1-2-3-4-5-6-7-8-9-10-11-12-13-14-15-16-17-21-28-24(27)25-20-18-19-23(25)22-26;1-4-5-6-7-8-9-10-11-12-13-14-15-16-17-18-19-20-28-24(27)25-23(21-26)22(2)3;1-4-5-6-7-8-9-10-11-12-13-14-15-16-17-18-19-24(27)25-23(21-26)20-22(2)3/h11-12,23-24,27H,4-10,13-22H2,1-3H3,(H,26,28);12-13,23-24,27H,4-11,14-22H2,1-3H3,(H,26,28);9-10,23,26H,2-8,11-22H2,1H3;11-12,22-23,26H,4-10,13-21H2,1-3H3,(H,25,27);8-9,11-12,22-23,26H,4-7,10,13-21H2,1-3H3,(H,25,27)/b12-11-;13-12-;10-9-;12-11-;9-8-,12-11-/t24-;23-,24-;3*23-/m01011/s1. The normalized spacial score (nSPS) is 13.7. The molecule has 0 spiro atoms. The molecular weight excluding hydrogens is 1760 g/mol. The average Bonchev–Trinajstić information content (AvgIpc) is 1.74. The van der Waals surface area contributed by atoms with E-state index in [1.54, 1.807) is 4.90 Å². The van der Waals surface area contributed by atoms with Crippen molar-refractivity contribution in [3.05, 3.63) is 72.9 Å². The highest BCUT2D eigenvalue weighted by Crippen LogP contribution is 2.22. The number of aliphatic hydroxyl groups excluding tert-OH is 5. The smallest absolute Gasteiger partial charge is 0.410 e. The van der Waals surface area contributed by atoms with Gasteiger partial charge in [0.2, 0.25) is 5.91 Å². The summed E-state index contributed by atoms with van der Waals surface area (Å²) >= 11 is 0. The molecule has 0 aromatic heterocycles. The summed E-state index contributed by atoms with van der Waals surface area (Å²) in [6.45, 7) is 30.2. The maximum atomic E-state index is 12.0. The number of aliphatic hydroxyl groups is 5. The Morgan fingerprint density at radius 3 is 0.837 bits per heavy atom. The molecule has 0 aromatic rings. The maximum Gasteiger partial charge on any atom is 0.410 e. The van der Waals surface area contributed by atoms with Crippen LogP contribution in [0, 0.1) is 23.7 Å². The van der Waals surface area contributed by atoms with Gasteiger partial charge in [0.25, 0.3) is 0 Å². The molecule has 0 unspecified atom stereocenters. The first kappa shape index (κ1) is 142. The molecule has 1 heterocycles. The zero-order chi connectivity index (χ0) is 104. The van der Waals surface area contributed by atoms with Gasteiger partial charge in [0.15, 0.2) is 0 Å². The Balaban J connectivity index is -0.000000832. The van der Waals surface area contributed by atoms with E-state index in [1.165, 1.54) is 353 Å². The van der Waals surface area contributed by atoms with Gasteiger partial charge in [-0.1, -0.05) is 433 Å². The van der Waals surface area contributed by atoms with Gasteiger partial charge < -0.3 is 70.6 Å². The highest BCUT2D eigenvalue weighted by atomic mass is 16.6. The van der Waals surface area contributed by atoms with Crippen LogP contribution in [0.25, 0.3) is 0 Å². The van der Waals surface area contributed by atoms with E-state index in [-0.39, 0.29) is 87.1 Å². The number of allylic oxidation sites excluding steroid dienone is 12. The van der Waals surface area contributed by atoms with E-state index in [4.69, 9.17) is 18.9 Å². The zero-order valence-corrected chi connectivity index (χ0v) is 94.7. The van der Waals surface area contributed by atoms with E-state index in [1.807, 2.05) is 27.7 Å². The van der Waals surface area contributed by atoms with Gasteiger partial charge in [-0.3, -0.25) is 4.79 Å². The van der Waals surface area contributed by atoms with Crippen LogP contribution in [0.15, 0.2) is 72.9 Å². The lowest BCUT2D eigenvalue weighted by Gasteiger charge is -2.22. The zero-order valence-electron chi connectivity index (χ0n) is 94.7. The van der Waals surface area contributed by atoms with Crippen molar-refractivity contribution in [3.63, 3.8) is 0 Å². The molecular formula is C122H235N5O14. The van der Waals surface area contributed by atoms with Crippen LogP contribution in [0.4, 0.5) is 19.2 Å². The number of nitrogens with zero attached hydrogens (tertiary/aromatic N) is 1. The first-order chi connectivity index (χ1) is 68.7. The number of alkyl carbamates (subject to hydrolysis) is 3. The number of ether oxygens (including phenoxy) is 4. The topological polar surface area (TPSA) is 275 Å². The van der Waals surface area contributed by atoms with E-state index in [0.717, 1.165) is 116 Å². The molecule has 141 heavy (non-hydrogen) atoms. The molecule has 0 aliphatic carbocycles. The van der Waals surface area contributed by atoms with Crippen LogP contribution < -0.4 is 21.3 Å². The second-order valence-electron chi connectivity index (χ2n) is 41.7. The second-order valence-corrected chi connectivity index (χ2v) is 41.7. The average molecular weight is 2000 g/mol. The van der Waals surface area contributed by atoms with Gasteiger partial charge in [-0.25, -0.2) is 19.2 Å². The first-order valence-corrected chi connectivity index (χ1v) is 59.7. The van der Waals surface area contributed by atoms with Gasteiger partial charge in [0.05, 0.1) is 89.7 Å². The Labute approximate surface area is 871 Å². The summed E-state index contributed by atoms with van der Waals surface area (Å²) in [5.74, 6) is 1.45. The molecule has 0 radical (unpaired) electrons. The van der Waals surface area contributed by atoms with Crippen molar-refractivity contribution in [2.24, 2.45) is 23.7 Å². The van der Waals surface area contributed by atoms with Crippen LogP contribution in [-0.2, 0) is 23.7 Å². The highest BCUT2D eigenvalue weighted by molar-refractivity contribution is 5.76. The predicted molar refractivity (Wildman–Crippen MR) is 604 cm³/mol. The Bertz CT molecular complexity index is 2760. The molecule has 6 atom stereocenters. The van der Waals surface area contributed by atoms with Crippen molar-refractivity contribution in [2.75, 3.05) is 66.0 Å². The fraction of sp³-hybridized carbons (Fsp3) is 0.861. The van der Waals surface area contributed by atoms with Crippen molar-refractivity contribution in [1.29, 1.82) is 0 Å². The summed E-state index contributed by atoms with van der Waals surface area (Å²) < 4.78 is 20.9. The maximum absolute atomic E-state index is 12.0. The molecule has 19 heteroatoms. The largest absolute Gasteiger partial charge is 0.450 e. The minimum absolute atomic E-state index is 0.0338. The first-order valence-electron chi connectivity index (χ1n) is 59.7. The number of unbranched alkanes of at least 4 members (excludes halogenated alkanes) is 56. The van der Waals surface area contributed by atoms with Crippen LogP contribution in [0.3, 0.4) is 0 Å². The number of amides is 5. The number of carbonyl (C=O) groups excluding carboxylic acids is 5. The summed E-state index contributed by atoms with van der Waals surface area (Å²) in [5.41, 5.74) is 0. The molecule has 9 N–H and O–H groups in total. The minimum atomic E-state index is -0.416. The van der Waals surface area contributed by atoms with Crippen molar-refractivity contribution in [2.45, 2.75) is 589 Å². The van der Waals surface area contributed by atoms with E-state index in [2.05, 4.69) is 156 Å². The van der Waals surface area contributed by atoms with E-state index in [9.17, 15) is 49.5 Å². The number of nitrogens with one attached hydrogen (secondary N) is 4. The van der Waals surface area contributed by atoms with Crippen LogP contribution in [0.2, 0.25) is 0 Å². The van der Waals surface area contributed by atoms with Gasteiger partial charge in [-0.05, 0) is 216 Å². The van der Waals surface area contributed by atoms with Crippen LogP contribution in [0.5, 0.6) is 0 Å². The lowest BCUT2D eigenvalue weighted by Crippen LogP contribution is -2.42. The van der Waals surface area contributed by atoms with Crippen molar-refractivity contribution < 1.29 is 68.5 Å². The molecule has 1 aliphatic heterocycles. The van der Waals surface area contributed by atoms with E-state index in [0.29, 0.717) is 44.7 Å². The van der Waals surface area contributed by atoms with Gasteiger partial charge in [-0.15, -0.1) is 0 Å². The van der Waals surface area contributed by atoms with Crippen molar-refractivity contribution in [1.82, 2.24) is 26.2 Å². The van der Waals surface area contributed by atoms with Crippen LogP contribution in [-0.4, -0.2) is 157 Å². The third-order valence-corrected chi connectivity index (χ3v) is 26.5. The summed E-state index contributed by atoms with van der Waals surface area (Å²) in [6, 6.07) is -0.773. The summed E-state index contributed by atoms with van der Waals surface area (Å²) in [6.07, 6.45) is 116. The number of hydrogen-bond donors (Lipinski definition) is 9. The number of rotatable bonds is 94. The van der Waals surface area contributed by atoms with Crippen LogP contribution >= 0.6 is 0 Å². The van der Waals surface area contributed by atoms with Crippen molar-refractivity contribution in [3.8, 4) is 0 Å². The molecule has 832 valence electrons. The highest BCUT2D eigenvalue weighted by Gasteiger charge is 2.29. The lowest BCUT2D eigenvalue weighted by atomic mass is 10.0. The third kappa shape index (κ3) is 112.